The fourth-order valence-corrected chi connectivity index (χ4v) is 1.79. The molecule has 1 heterocycles. The lowest BCUT2D eigenvalue weighted by Gasteiger charge is -2.18. The number of hydrogen-bond donors (Lipinski definition) is 1. The SMILES string of the molecule is CCN(CC)CCNCc1ccnn1CC.Cl.Cl. The molecule has 0 saturated heterocycles. The largest absolute Gasteiger partial charge is 0.310 e. The van der Waals surface area contributed by atoms with E-state index < -0.39 is 0 Å². The molecule has 0 saturated carbocycles. The second kappa shape index (κ2) is 11.8. The number of aryl methyl sites for hydroxylation is 1. The Balaban J connectivity index is 0. The van der Waals surface area contributed by atoms with Crippen LogP contribution in [0, 0.1) is 0 Å². The molecule has 18 heavy (non-hydrogen) atoms. The van der Waals surface area contributed by atoms with Gasteiger partial charge < -0.3 is 10.2 Å². The number of nitrogens with one attached hydrogen (secondary N) is 1. The molecule has 1 rings (SSSR count). The van der Waals surface area contributed by atoms with Gasteiger partial charge in [-0.1, -0.05) is 13.8 Å². The summed E-state index contributed by atoms with van der Waals surface area (Å²) in [5, 5.41) is 7.71. The molecule has 1 N–H and O–H groups in total. The fourth-order valence-electron chi connectivity index (χ4n) is 1.79. The van der Waals surface area contributed by atoms with E-state index in [4.69, 9.17) is 0 Å². The highest BCUT2D eigenvalue weighted by atomic mass is 35.5. The summed E-state index contributed by atoms with van der Waals surface area (Å²) in [5.41, 5.74) is 1.27. The van der Waals surface area contributed by atoms with Gasteiger partial charge in [0.1, 0.15) is 0 Å². The van der Waals surface area contributed by atoms with Crippen molar-refractivity contribution in [2.45, 2.75) is 33.9 Å². The van der Waals surface area contributed by atoms with Gasteiger partial charge >= 0.3 is 0 Å². The highest BCUT2D eigenvalue weighted by molar-refractivity contribution is 5.85. The van der Waals surface area contributed by atoms with Crippen LogP contribution in [0.2, 0.25) is 0 Å². The van der Waals surface area contributed by atoms with Crippen molar-refractivity contribution in [3.8, 4) is 0 Å². The van der Waals surface area contributed by atoms with Crippen molar-refractivity contribution in [3.63, 3.8) is 0 Å². The Hall–Kier alpha value is -0.290. The molecule has 4 nitrogen and oxygen atoms in total. The van der Waals surface area contributed by atoms with Crippen LogP contribution in [0.1, 0.15) is 26.5 Å². The minimum Gasteiger partial charge on any atom is -0.310 e. The van der Waals surface area contributed by atoms with Crippen molar-refractivity contribution < 1.29 is 0 Å². The Bertz CT molecular complexity index is 287. The van der Waals surface area contributed by atoms with Crippen molar-refractivity contribution in [2.75, 3.05) is 26.2 Å². The first-order valence-electron chi connectivity index (χ1n) is 6.25. The predicted molar refractivity (Wildman–Crippen MR) is 81.9 cm³/mol. The van der Waals surface area contributed by atoms with Gasteiger partial charge in [-0.05, 0) is 26.1 Å². The summed E-state index contributed by atoms with van der Waals surface area (Å²) in [6, 6.07) is 2.08. The Morgan fingerprint density at radius 3 is 2.44 bits per heavy atom. The summed E-state index contributed by atoms with van der Waals surface area (Å²) in [6.45, 7) is 12.8. The number of aromatic nitrogens is 2. The second-order valence-electron chi connectivity index (χ2n) is 3.84. The zero-order valence-electron chi connectivity index (χ0n) is 11.6. The highest BCUT2D eigenvalue weighted by Gasteiger charge is 2.01. The van der Waals surface area contributed by atoms with E-state index in [1.54, 1.807) is 0 Å². The van der Waals surface area contributed by atoms with Crippen LogP contribution in [0.15, 0.2) is 12.3 Å². The van der Waals surface area contributed by atoms with E-state index >= 15 is 0 Å². The number of likely N-dealkylation sites (N-methyl/N-ethyl adjacent to an activating group) is 1. The van der Waals surface area contributed by atoms with E-state index in [2.05, 4.69) is 42.2 Å². The molecule has 0 aromatic carbocycles. The third-order valence-corrected chi connectivity index (χ3v) is 2.91. The molecular weight excluding hydrogens is 271 g/mol. The van der Waals surface area contributed by atoms with Crippen LogP contribution in [0.5, 0.6) is 0 Å². The number of nitrogens with zero attached hydrogens (tertiary/aromatic N) is 3. The van der Waals surface area contributed by atoms with E-state index in [0.717, 1.165) is 39.3 Å². The first kappa shape index (κ1) is 20.0. The average molecular weight is 297 g/mol. The zero-order chi connectivity index (χ0) is 11.8. The van der Waals surface area contributed by atoms with Crippen LogP contribution in [0.4, 0.5) is 0 Å². The van der Waals surface area contributed by atoms with Gasteiger partial charge in [0.15, 0.2) is 0 Å². The molecule has 0 atom stereocenters. The Kier molecular flexibility index (Phi) is 13.1. The molecule has 108 valence electrons. The van der Waals surface area contributed by atoms with Crippen LogP contribution in [0.25, 0.3) is 0 Å². The summed E-state index contributed by atoms with van der Waals surface area (Å²) in [6.07, 6.45) is 1.87. The Labute approximate surface area is 123 Å². The topological polar surface area (TPSA) is 33.1 Å². The van der Waals surface area contributed by atoms with Gasteiger partial charge in [-0.3, -0.25) is 4.68 Å². The summed E-state index contributed by atoms with van der Waals surface area (Å²) < 4.78 is 2.03. The molecular formula is C12H26Cl2N4. The normalized spacial score (nSPS) is 10.0. The molecule has 0 fully saturated rings. The highest BCUT2D eigenvalue weighted by Crippen LogP contribution is 1.97. The lowest BCUT2D eigenvalue weighted by molar-refractivity contribution is 0.301. The van der Waals surface area contributed by atoms with Crippen molar-refractivity contribution in [1.29, 1.82) is 0 Å². The number of hydrogen-bond acceptors (Lipinski definition) is 3. The van der Waals surface area contributed by atoms with Crippen LogP contribution in [-0.2, 0) is 13.1 Å². The van der Waals surface area contributed by atoms with Crippen molar-refractivity contribution in [1.82, 2.24) is 20.0 Å². The zero-order valence-corrected chi connectivity index (χ0v) is 13.2. The summed E-state index contributed by atoms with van der Waals surface area (Å²) in [4.78, 5) is 2.42. The Morgan fingerprint density at radius 1 is 1.22 bits per heavy atom. The smallest absolute Gasteiger partial charge is 0.0521 e. The van der Waals surface area contributed by atoms with Crippen molar-refractivity contribution in [2.24, 2.45) is 0 Å². The molecule has 0 unspecified atom stereocenters. The Morgan fingerprint density at radius 2 is 1.89 bits per heavy atom. The van der Waals surface area contributed by atoms with Gasteiger partial charge in [0.05, 0.1) is 5.69 Å². The molecule has 0 radical (unpaired) electrons. The van der Waals surface area contributed by atoms with Gasteiger partial charge in [0.25, 0.3) is 0 Å². The van der Waals surface area contributed by atoms with Gasteiger partial charge in [-0.25, -0.2) is 0 Å². The fraction of sp³-hybridized carbons (Fsp3) is 0.750. The predicted octanol–water partition coefficient (Wildman–Crippen LogP) is 2.18. The third kappa shape index (κ3) is 6.59. The minimum atomic E-state index is 0. The summed E-state index contributed by atoms with van der Waals surface area (Å²) in [5.74, 6) is 0. The third-order valence-electron chi connectivity index (χ3n) is 2.91. The molecule has 6 heteroatoms. The first-order chi connectivity index (χ1) is 7.81. The van der Waals surface area contributed by atoms with E-state index in [1.165, 1.54) is 5.69 Å². The van der Waals surface area contributed by atoms with Gasteiger partial charge in [0, 0.05) is 32.4 Å². The summed E-state index contributed by atoms with van der Waals surface area (Å²) >= 11 is 0. The molecule has 0 spiro atoms. The lowest BCUT2D eigenvalue weighted by atomic mass is 10.4. The monoisotopic (exact) mass is 296 g/mol. The maximum atomic E-state index is 4.25. The van der Waals surface area contributed by atoms with Crippen LogP contribution in [0.3, 0.4) is 0 Å². The van der Waals surface area contributed by atoms with Crippen LogP contribution in [-0.4, -0.2) is 40.9 Å². The van der Waals surface area contributed by atoms with E-state index in [0.29, 0.717) is 0 Å². The van der Waals surface area contributed by atoms with Crippen molar-refractivity contribution in [3.05, 3.63) is 18.0 Å². The van der Waals surface area contributed by atoms with E-state index in [-0.39, 0.29) is 24.8 Å². The lowest BCUT2D eigenvalue weighted by Crippen LogP contribution is -2.32. The molecule has 0 bridgehead atoms. The average Bonchev–Trinajstić information content (AvgIpc) is 2.77. The van der Waals surface area contributed by atoms with Gasteiger partial charge in [0.2, 0.25) is 0 Å². The number of halogens is 2. The minimum absolute atomic E-state index is 0. The second-order valence-corrected chi connectivity index (χ2v) is 3.84. The van der Waals surface area contributed by atoms with Gasteiger partial charge in [-0.15, -0.1) is 24.8 Å². The molecule has 0 aliphatic carbocycles. The maximum absolute atomic E-state index is 4.25. The van der Waals surface area contributed by atoms with Gasteiger partial charge in [-0.2, -0.15) is 5.10 Å². The maximum Gasteiger partial charge on any atom is 0.0521 e. The molecule has 0 aliphatic heterocycles. The van der Waals surface area contributed by atoms with Crippen LogP contribution >= 0.6 is 24.8 Å². The standard InChI is InChI=1S/C12H24N4.2ClH/c1-4-15(5-2)10-9-13-11-12-7-8-14-16(12)6-3;;/h7-8,13H,4-6,9-11H2,1-3H3;2*1H. The van der Waals surface area contributed by atoms with Crippen LogP contribution < -0.4 is 5.32 Å². The van der Waals surface area contributed by atoms with E-state index in [1.807, 2.05) is 10.9 Å². The molecule has 1 aromatic rings. The molecule has 0 aliphatic rings. The molecule has 1 aromatic heterocycles. The quantitative estimate of drug-likeness (QED) is 0.747. The van der Waals surface area contributed by atoms with Crippen molar-refractivity contribution >= 4 is 24.8 Å². The molecule has 0 amide bonds. The number of rotatable bonds is 8. The first-order valence-corrected chi connectivity index (χ1v) is 6.25. The summed E-state index contributed by atoms with van der Waals surface area (Å²) in [7, 11) is 0. The van der Waals surface area contributed by atoms with E-state index in [9.17, 15) is 0 Å².